The molecule has 20 heavy (non-hydrogen) atoms. The van der Waals surface area contributed by atoms with Crippen LogP contribution in [0.2, 0.25) is 0 Å². The molecular weight excluding hydrogens is 282 g/mol. The van der Waals surface area contributed by atoms with E-state index in [1.54, 1.807) is 0 Å². The second-order valence-corrected chi connectivity index (χ2v) is 6.73. The third kappa shape index (κ3) is 3.14. The molecule has 0 spiro atoms. The molecule has 0 amide bonds. The van der Waals surface area contributed by atoms with Crippen LogP contribution in [-0.4, -0.2) is 37.3 Å². The van der Waals surface area contributed by atoms with Gasteiger partial charge in [-0.05, 0) is 24.8 Å². The Hall–Kier alpha value is -1.51. The summed E-state index contributed by atoms with van der Waals surface area (Å²) in [5, 5.41) is 11.0. The molecule has 1 fully saturated rings. The quantitative estimate of drug-likeness (QED) is 0.596. The first-order valence-corrected chi connectivity index (χ1v) is 7.84. The van der Waals surface area contributed by atoms with Crippen molar-refractivity contribution in [2.45, 2.75) is 17.7 Å². The van der Waals surface area contributed by atoms with Crippen LogP contribution in [0.3, 0.4) is 0 Å². The van der Waals surface area contributed by atoms with E-state index in [9.17, 15) is 18.5 Å². The van der Waals surface area contributed by atoms with E-state index >= 15 is 0 Å². The summed E-state index contributed by atoms with van der Waals surface area (Å²) in [6.07, 6.45) is 1.99. The zero-order chi connectivity index (χ0) is 14.8. The summed E-state index contributed by atoms with van der Waals surface area (Å²) in [6, 6.07) is 5.40. The SMILES string of the molecule is NCCN(CC1CC1)S(=O)(=O)c1ccccc1[N+](=O)[O-]. The normalized spacial score (nSPS) is 15.5. The molecule has 1 aromatic rings. The van der Waals surface area contributed by atoms with Gasteiger partial charge in [-0.2, -0.15) is 4.31 Å². The Bertz CT molecular complexity index is 598. The van der Waals surface area contributed by atoms with Crippen LogP contribution in [0.1, 0.15) is 12.8 Å². The van der Waals surface area contributed by atoms with E-state index in [-0.39, 0.29) is 18.0 Å². The third-order valence-corrected chi connectivity index (χ3v) is 5.13. The van der Waals surface area contributed by atoms with E-state index in [0.29, 0.717) is 12.5 Å². The first-order chi connectivity index (χ1) is 9.46. The first-order valence-electron chi connectivity index (χ1n) is 6.40. The van der Waals surface area contributed by atoms with Gasteiger partial charge < -0.3 is 5.73 Å². The van der Waals surface area contributed by atoms with Crippen LogP contribution >= 0.6 is 0 Å². The fraction of sp³-hybridized carbons (Fsp3) is 0.500. The molecule has 0 aromatic heterocycles. The summed E-state index contributed by atoms with van der Waals surface area (Å²) < 4.78 is 26.4. The summed E-state index contributed by atoms with van der Waals surface area (Å²) in [5.41, 5.74) is 5.06. The summed E-state index contributed by atoms with van der Waals surface area (Å²) in [7, 11) is -3.88. The van der Waals surface area contributed by atoms with Crippen molar-refractivity contribution >= 4 is 15.7 Å². The van der Waals surface area contributed by atoms with Crippen LogP contribution < -0.4 is 5.73 Å². The van der Waals surface area contributed by atoms with Gasteiger partial charge in [0.1, 0.15) is 0 Å². The first kappa shape index (κ1) is 14.9. The minimum absolute atomic E-state index is 0.172. The molecule has 1 aliphatic carbocycles. The minimum atomic E-state index is -3.88. The number of hydrogen-bond acceptors (Lipinski definition) is 5. The van der Waals surface area contributed by atoms with Gasteiger partial charge in [0.2, 0.25) is 10.0 Å². The average Bonchev–Trinajstić information content (AvgIpc) is 3.22. The molecule has 2 rings (SSSR count). The molecule has 0 unspecified atom stereocenters. The lowest BCUT2D eigenvalue weighted by molar-refractivity contribution is -0.387. The molecule has 0 saturated heterocycles. The molecule has 1 saturated carbocycles. The van der Waals surface area contributed by atoms with Crippen LogP contribution in [0.15, 0.2) is 29.2 Å². The number of nitro groups is 1. The van der Waals surface area contributed by atoms with Crippen molar-refractivity contribution in [1.29, 1.82) is 0 Å². The van der Waals surface area contributed by atoms with Gasteiger partial charge in [-0.1, -0.05) is 12.1 Å². The zero-order valence-corrected chi connectivity index (χ0v) is 11.8. The van der Waals surface area contributed by atoms with Crippen molar-refractivity contribution in [2.24, 2.45) is 11.7 Å². The number of sulfonamides is 1. The minimum Gasteiger partial charge on any atom is -0.329 e. The van der Waals surface area contributed by atoms with Crippen molar-refractivity contribution in [1.82, 2.24) is 4.31 Å². The maximum Gasteiger partial charge on any atom is 0.289 e. The maximum atomic E-state index is 12.6. The number of rotatable bonds is 7. The van der Waals surface area contributed by atoms with Crippen molar-refractivity contribution in [3.63, 3.8) is 0 Å². The van der Waals surface area contributed by atoms with E-state index in [2.05, 4.69) is 0 Å². The van der Waals surface area contributed by atoms with Crippen LogP contribution in [-0.2, 0) is 10.0 Å². The Kier molecular flexibility index (Phi) is 4.36. The Morgan fingerprint density at radius 3 is 2.55 bits per heavy atom. The highest BCUT2D eigenvalue weighted by Crippen LogP contribution is 2.33. The van der Waals surface area contributed by atoms with Crippen LogP contribution in [0.25, 0.3) is 0 Å². The number of nitrogens with two attached hydrogens (primary N) is 1. The lowest BCUT2D eigenvalue weighted by atomic mass is 10.3. The molecule has 7 nitrogen and oxygen atoms in total. The van der Waals surface area contributed by atoms with Gasteiger partial charge in [-0.15, -0.1) is 0 Å². The van der Waals surface area contributed by atoms with Crippen molar-refractivity contribution in [2.75, 3.05) is 19.6 Å². The number of para-hydroxylation sites is 1. The summed E-state index contributed by atoms with van der Waals surface area (Å²) in [6.45, 7) is 0.739. The molecule has 0 atom stereocenters. The number of benzene rings is 1. The van der Waals surface area contributed by atoms with Crippen LogP contribution in [0.4, 0.5) is 5.69 Å². The molecular formula is C12H17N3O4S. The van der Waals surface area contributed by atoms with E-state index in [1.165, 1.54) is 28.6 Å². The largest absolute Gasteiger partial charge is 0.329 e. The van der Waals surface area contributed by atoms with Gasteiger partial charge in [-0.25, -0.2) is 8.42 Å². The average molecular weight is 299 g/mol. The van der Waals surface area contributed by atoms with E-state index in [1.807, 2.05) is 0 Å². The van der Waals surface area contributed by atoms with Crippen molar-refractivity contribution in [3.8, 4) is 0 Å². The predicted octanol–water partition coefficient (Wildman–Crippen LogP) is 0.954. The van der Waals surface area contributed by atoms with E-state index in [0.717, 1.165) is 12.8 Å². The molecule has 0 radical (unpaired) electrons. The Morgan fingerprint density at radius 2 is 2.00 bits per heavy atom. The van der Waals surface area contributed by atoms with Gasteiger partial charge in [0.05, 0.1) is 4.92 Å². The molecule has 110 valence electrons. The smallest absolute Gasteiger partial charge is 0.289 e. The van der Waals surface area contributed by atoms with E-state index < -0.39 is 20.6 Å². The molecule has 0 aliphatic heterocycles. The van der Waals surface area contributed by atoms with Gasteiger partial charge in [0.25, 0.3) is 5.69 Å². The lowest BCUT2D eigenvalue weighted by Gasteiger charge is -2.21. The Labute approximate surface area is 117 Å². The second-order valence-electron chi connectivity index (χ2n) is 4.82. The lowest BCUT2D eigenvalue weighted by Crippen LogP contribution is -2.37. The number of hydrogen-bond donors (Lipinski definition) is 1. The summed E-state index contributed by atoms with van der Waals surface area (Å²) in [5.74, 6) is 0.346. The van der Waals surface area contributed by atoms with Gasteiger partial charge in [0.15, 0.2) is 4.90 Å². The standard InChI is InChI=1S/C12H17N3O4S/c13-7-8-14(9-10-5-6-10)20(18,19)12-4-2-1-3-11(12)15(16)17/h1-4,10H,5-9,13H2. The number of nitro benzene ring substituents is 1. The highest BCUT2D eigenvalue weighted by molar-refractivity contribution is 7.89. The topological polar surface area (TPSA) is 107 Å². The fourth-order valence-electron chi connectivity index (χ4n) is 2.01. The van der Waals surface area contributed by atoms with E-state index in [4.69, 9.17) is 5.73 Å². The van der Waals surface area contributed by atoms with Crippen LogP contribution in [0, 0.1) is 16.0 Å². The monoisotopic (exact) mass is 299 g/mol. The van der Waals surface area contributed by atoms with Crippen molar-refractivity contribution in [3.05, 3.63) is 34.4 Å². The number of nitrogens with zero attached hydrogens (tertiary/aromatic N) is 2. The third-order valence-electron chi connectivity index (χ3n) is 3.22. The molecule has 2 N–H and O–H groups in total. The molecule has 8 heteroatoms. The Balaban J connectivity index is 2.38. The maximum absolute atomic E-state index is 12.6. The van der Waals surface area contributed by atoms with Crippen molar-refractivity contribution < 1.29 is 13.3 Å². The highest BCUT2D eigenvalue weighted by Gasteiger charge is 2.34. The molecule has 1 aliphatic rings. The highest BCUT2D eigenvalue weighted by atomic mass is 32.2. The Morgan fingerprint density at radius 1 is 1.35 bits per heavy atom. The zero-order valence-electron chi connectivity index (χ0n) is 10.9. The van der Waals surface area contributed by atoms with Gasteiger partial charge in [0, 0.05) is 25.7 Å². The predicted molar refractivity (Wildman–Crippen MR) is 73.6 cm³/mol. The van der Waals surface area contributed by atoms with Gasteiger partial charge in [-0.3, -0.25) is 10.1 Å². The summed E-state index contributed by atoms with van der Waals surface area (Å²) >= 11 is 0. The molecule has 0 bridgehead atoms. The molecule has 1 aromatic carbocycles. The molecule has 0 heterocycles. The van der Waals surface area contributed by atoms with Crippen LogP contribution in [0.5, 0.6) is 0 Å². The summed E-state index contributed by atoms with van der Waals surface area (Å²) in [4.78, 5) is 10.0. The fourth-order valence-corrected chi connectivity index (χ4v) is 3.70. The van der Waals surface area contributed by atoms with Gasteiger partial charge >= 0.3 is 0 Å². The second kappa shape index (κ2) is 5.86.